The molecule has 0 bridgehead atoms. The zero-order valence-electron chi connectivity index (χ0n) is 22.3. The molecule has 0 unspecified atom stereocenters. The van der Waals surface area contributed by atoms with Gasteiger partial charge >= 0.3 is 0 Å². The number of ether oxygens (including phenoxy) is 1. The summed E-state index contributed by atoms with van der Waals surface area (Å²) < 4.78 is 6.23. The summed E-state index contributed by atoms with van der Waals surface area (Å²) in [7, 11) is 0. The van der Waals surface area contributed by atoms with Crippen LogP contribution in [0.1, 0.15) is 113 Å². The molecule has 0 aliphatic heterocycles. The molecule has 3 nitrogen and oxygen atoms in total. The maximum Gasteiger partial charge on any atom is 0.0621 e. The summed E-state index contributed by atoms with van der Waals surface area (Å²) in [4.78, 5) is 0. The maximum atomic E-state index is 11.3. The average molecular weight is 451 g/mol. The topological polar surface area (TPSA) is 49.7 Å². The van der Waals surface area contributed by atoms with E-state index in [-0.39, 0.29) is 23.2 Å². The molecule has 3 heteroatoms. The fourth-order valence-corrected chi connectivity index (χ4v) is 8.14. The van der Waals surface area contributed by atoms with Crippen molar-refractivity contribution >= 4 is 0 Å². The summed E-state index contributed by atoms with van der Waals surface area (Å²) in [6, 6.07) is 0. The molecular formula is C29H54O3. The van der Waals surface area contributed by atoms with Crippen molar-refractivity contribution in [3.05, 3.63) is 0 Å². The summed E-state index contributed by atoms with van der Waals surface area (Å²) in [6.45, 7) is 16.1. The second kappa shape index (κ2) is 10.6. The van der Waals surface area contributed by atoms with Crippen LogP contribution in [0.3, 0.4) is 0 Å². The Morgan fingerprint density at radius 1 is 0.969 bits per heavy atom. The smallest absolute Gasteiger partial charge is 0.0621 e. The minimum absolute atomic E-state index is 0.0862. The van der Waals surface area contributed by atoms with E-state index in [1.807, 2.05) is 0 Å². The predicted octanol–water partition coefficient (Wildman–Crippen LogP) is 6.84. The number of aliphatic hydroxyl groups excluding tert-OH is 2. The number of hydrogen-bond acceptors (Lipinski definition) is 3. The molecule has 0 aromatic heterocycles. The minimum Gasteiger partial charge on any atom is -0.396 e. The van der Waals surface area contributed by atoms with Crippen molar-refractivity contribution in [2.24, 2.45) is 46.8 Å². The Hall–Kier alpha value is -0.120. The zero-order valence-corrected chi connectivity index (χ0v) is 22.3. The zero-order chi connectivity index (χ0) is 23.7. The first-order valence-electron chi connectivity index (χ1n) is 13.9. The van der Waals surface area contributed by atoms with Crippen LogP contribution < -0.4 is 0 Å². The van der Waals surface area contributed by atoms with Crippen LogP contribution in [0.4, 0.5) is 0 Å². The summed E-state index contributed by atoms with van der Waals surface area (Å²) in [6.07, 6.45) is 11.8. The van der Waals surface area contributed by atoms with Gasteiger partial charge in [0.25, 0.3) is 0 Å². The highest BCUT2D eigenvalue weighted by Gasteiger charge is 2.54. The molecule has 0 aromatic rings. The molecule has 2 N–H and O–H groups in total. The Morgan fingerprint density at radius 3 is 2.25 bits per heavy atom. The van der Waals surface area contributed by atoms with Gasteiger partial charge in [-0.3, -0.25) is 0 Å². The molecule has 3 aliphatic rings. The summed E-state index contributed by atoms with van der Waals surface area (Å²) in [5, 5.41) is 21.9. The van der Waals surface area contributed by atoms with Gasteiger partial charge in [0.1, 0.15) is 0 Å². The minimum atomic E-state index is -0.327. The Balaban J connectivity index is 1.64. The largest absolute Gasteiger partial charge is 0.396 e. The van der Waals surface area contributed by atoms with E-state index < -0.39 is 0 Å². The molecule has 3 rings (SSSR count). The Morgan fingerprint density at radius 2 is 1.66 bits per heavy atom. The second-order valence-corrected chi connectivity index (χ2v) is 13.5. The van der Waals surface area contributed by atoms with Gasteiger partial charge in [-0.05, 0) is 106 Å². The molecule has 3 saturated carbocycles. The van der Waals surface area contributed by atoms with Crippen LogP contribution in [-0.4, -0.2) is 34.6 Å². The number of rotatable bonds is 8. The van der Waals surface area contributed by atoms with Crippen molar-refractivity contribution in [2.75, 3.05) is 6.61 Å². The fourth-order valence-electron chi connectivity index (χ4n) is 8.14. The number of hydrogen-bond donors (Lipinski definition) is 2. The molecule has 3 aliphatic carbocycles. The van der Waals surface area contributed by atoms with Gasteiger partial charge in [0.2, 0.25) is 0 Å². The highest BCUT2D eigenvalue weighted by Crippen LogP contribution is 2.59. The molecule has 0 heterocycles. The van der Waals surface area contributed by atoms with Gasteiger partial charge in [-0.2, -0.15) is 0 Å². The highest BCUT2D eigenvalue weighted by atomic mass is 16.5. The first kappa shape index (κ1) is 26.5. The lowest BCUT2D eigenvalue weighted by Gasteiger charge is -2.54. The van der Waals surface area contributed by atoms with E-state index in [0.717, 1.165) is 42.9 Å². The normalized spacial score (nSPS) is 41.6. The number of fused-ring (bicyclic) bond motifs is 1. The van der Waals surface area contributed by atoms with Crippen molar-refractivity contribution in [2.45, 2.75) is 130 Å². The van der Waals surface area contributed by atoms with Crippen LogP contribution in [0.5, 0.6) is 0 Å². The molecule has 188 valence electrons. The Labute approximate surface area is 199 Å². The summed E-state index contributed by atoms with van der Waals surface area (Å²) in [5.74, 6) is 4.71. The fraction of sp³-hybridized carbons (Fsp3) is 1.00. The summed E-state index contributed by atoms with van der Waals surface area (Å²) >= 11 is 0. The quantitative estimate of drug-likeness (QED) is 0.425. The molecule has 0 aromatic carbocycles. The predicted molar refractivity (Wildman–Crippen MR) is 133 cm³/mol. The molecule has 0 spiro atoms. The van der Waals surface area contributed by atoms with Crippen molar-refractivity contribution in [3.8, 4) is 0 Å². The van der Waals surface area contributed by atoms with Crippen LogP contribution in [0.25, 0.3) is 0 Å². The van der Waals surface area contributed by atoms with E-state index in [9.17, 15) is 10.2 Å². The monoisotopic (exact) mass is 450 g/mol. The first-order chi connectivity index (χ1) is 15.0. The van der Waals surface area contributed by atoms with E-state index in [4.69, 9.17) is 4.74 Å². The third-order valence-electron chi connectivity index (χ3n) is 9.81. The standard InChI is InChI=1S/C29H54O3/c1-19(2)9-8-10-20(3)22-11-12-24-23(22)13-14-26(25(24)18-30)29(7)16-15-21(17-27(29)31)32-28(4,5)6/h19-27,30-31H,8-18H2,1-7H3/t20-,21-,22-,23+,24+,25+,26-,27-,29-/m0/s1. The molecule has 3 fully saturated rings. The van der Waals surface area contributed by atoms with Gasteiger partial charge in [-0.25, -0.2) is 0 Å². The van der Waals surface area contributed by atoms with Gasteiger partial charge in [0, 0.05) is 13.0 Å². The first-order valence-corrected chi connectivity index (χ1v) is 13.9. The van der Waals surface area contributed by atoms with Gasteiger partial charge in [0.15, 0.2) is 0 Å². The number of aliphatic hydroxyl groups is 2. The SMILES string of the molecule is CC(C)CCC[C@H](C)[C@@H]1CC[C@@H]2[C@@H]1CC[C@H]([C@]1(C)CC[C@H](OC(C)(C)C)C[C@@H]1O)[C@@H]2CO. The van der Waals surface area contributed by atoms with Crippen molar-refractivity contribution < 1.29 is 14.9 Å². The van der Waals surface area contributed by atoms with E-state index in [0.29, 0.717) is 24.4 Å². The van der Waals surface area contributed by atoms with Crippen molar-refractivity contribution in [1.29, 1.82) is 0 Å². The molecule has 32 heavy (non-hydrogen) atoms. The third-order valence-corrected chi connectivity index (χ3v) is 9.81. The van der Waals surface area contributed by atoms with Crippen molar-refractivity contribution in [3.63, 3.8) is 0 Å². The molecule has 0 saturated heterocycles. The summed E-state index contributed by atoms with van der Waals surface area (Å²) in [5.41, 5.74) is -0.244. The van der Waals surface area contributed by atoms with Crippen LogP contribution in [-0.2, 0) is 4.74 Å². The van der Waals surface area contributed by atoms with Crippen LogP contribution in [0, 0.1) is 46.8 Å². The van der Waals surface area contributed by atoms with Crippen LogP contribution in [0.15, 0.2) is 0 Å². The van der Waals surface area contributed by atoms with Gasteiger partial charge in [-0.15, -0.1) is 0 Å². The van der Waals surface area contributed by atoms with Crippen LogP contribution in [0.2, 0.25) is 0 Å². The third kappa shape index (κ3) is 5.92. The molecule has 0 amide bonds. The van der Waals surface area contributed by atoms with Gasteiger partial charge in [0.05, 0.1) is 17.8 Å². The lowest BCUT2D eigenvalue weighted by molar-refractivity contribution is -0.154. The lowest BCUT2D eigenvalue weighted by atomic mass is 9.53. The lowest BCUT2D eigenvalue weighted by Crippen LogP contribution is -2.52. The van der Waals surface area contributed by atoms with E-state index >= 15 is 0 Å². The molecule has 0 radical (unpaired) electrons. The maximum absolute atomic E-state index is 11.3. The Bertz CT molecular complexity index is 581. The molecular weight excluding hydrogens is 396 g/mol. The van der Waals surface area contributed by atoms with E-state index in [1.54, 1.807) is 0 Å². The average Bonchev–Trinajstić information content (AvgIpc) is 3.13. The van der Waals surface area contributed by atoms with Gasteiger partial charge < -0.3 is 14.9 Å². The second-order valence-electron chi connectivity index (χ2n) is 13.5. The van der Waals surface area contributed by atoms with Gasteiger partial charge in [-0.1, -0.05) is 47.0 Å². The van der Waals surface area contributed by atoms with E-state index in [1.165, 1.54) is 44.9 Å². The van der Waals surface area contributed by atoms with E-state index in [2.05, 4.69) is 48.5 Å². The molecule has 9 atom stereocenters. The highest BCUT2D eigenvalue weighted by molar-refractivity contribution is 5.03. The van der Waals surface area contributed by atoms with Crippen LogP contribution >= 0.6 is 0 Å². The van der Waals surface area contributed by atoms with Crippen molar-refractivity contribution in [1.82, 2.24) is 0 Å². The Kier molecular flexibility index (Phi) is 8.81.